The van der Waals surface area contributed by atoms with Crippen molar-refractivity contribution in [3.05, 3.63) is 130 Å². The number of hydrogen-bond acceptors (Lipinski definition) is 4. The third-order valence-electron chi connectivity index (χ3n) is 8.76. The Hall–Kier alpha value is -4.14. The van der Waals surface area contributed by atoms with Crippen LogP contribution in [-0.2, 0) is 32.6 Å². The number of nitrogens with one attached hydrogen (secondary N) is 1. The Bertz CT molecular complexity index is 1760. The number of anilines is 1. The van der Waals surface area contributed by atoms with Crippen molar-refractivity contribution in [2.45, 2.75) is 75.9 Å². The molecule has 0 aromatic heterocycles. The van der Waals surface area contributed by atoms with E-state index in [4.69, 9.17) is 11.6 Å². The summed E-state index contributed by atoms with van der Waals surface area (Å²) >= 11 is 6.19. The van der Waals surface area contributed by atoms with Crippen LogP contribution in [0.15, 0.2) is 108 Å². The molecule has 1 N–H and O–H groups in total. The smallest absolute Gasteiger partial charge is 0.264 e. The topological polar surface area (TPSA) is 86.8 Å². The molecular formula is C38H42ClN3O4S. The summed E-state index contributed by atoms with van der Waals surface area (Å²) in [5, 5.41) is 3.79. The van der Waals surface area contributed by atoms with Gasteiger partial charge in [-0.15, -0.1) is 0 Å². The number of carbonyl (C=O) groups excluding carboxylic acids is 2. The first-order valence-electron chi connectivity index (χ1n) is 16.1. The van der Waals surface area contributed by atoms with Gasteiger partial charge in [0, 0.05) is 24.0 Å². The van der Waals surface area contributed by atoms with Gasteiger partial charge in [0.2, 0.25) is 11.8 Å². The highest BCUT2D eigenvalue weighted by atomic mass is 35.5. The van der Waals surface area contributed by atoms with Gasteiger partial charge in [-0.2, -0.15) is 0 Å². The highest BCUT2D eigenvalue weighted by Crippen LogP contribution is 2.28. The van der Waals surface area contributed by atoms with Crippen molar-refractivity contribution in [1.29, 1.82) is 0 Å². The van der Waals surface area contributed by atoms with Crippen LogP contribution in [0.4, 0.5) is 5.69 Å². The molecule has 1 saturated carbocycles. The molecule has 4 aromatic rings. The first-order valence-corrected chi connectivity index (χ1v) is 18.0. The van der Waals surface area contributed by atoms with E-state index in [1.807, 2.05) is 68.4 Å². The number of halogens is 1. The minimum Gasteiger partial charge on any atom is -0.352 e. The molecule has 0 saturated heterocycles. The fourth-order valence-electron chi connectivity index (χ4n) is 6.08. The van der Waals surface area contributed by atoms with E-state index >= 15 is 0 Å². The van der Waals surface area contributed by atoms with E-state index in [0.29, 0.717) is 16.3 Å². The van der Waals surface area contributed by atoms with E-state index in [0.717, 1.165) is 48.8 Å². The van der Waals surface area contributed by atoms with Crippen molar-refractivity contribution < 1.29 is 18.0 Å². The molecule has 1 atom stereocenters. The van der Waals surface area contributed by atoms with E-state index in [9.17, 15) is 18.0 Å². The summed E-state index contributed by atoms with van der Waals surface area (Å²) in [6, 6.07) is 29.6. The Morgan fingerprint density at radius 2 is 1.45 bits per heavy atom. The predicted octanol–water partition coefficient (Wildman–Crippen LogP) is 7.24. The maximum Gasteiger partial charge on any atom is 0.264 e. The second-order valence-electron chi connectivity index (χ2n) is 12.3. The molecule has 1 aliphatic rings. The molecule has 0 bridgehead atoms. The molecule has 2 amide bonds. The predicted molar refractivity (Wildman–Crippen MR) is 188 cm³/mol. The van der Waals surface area contributed by atoms with E-state index < -0.39 is 28.5 Å². The first kappa shape index (κ1) is 34.2. The molecule has 47 heavy (non-hydrogen) atoms. The zero-order valence-corrected chi connectivity index (χ0v) is 28.5. The van der Waals surface area contributed by atoms with Gasteiger partial charge in [-0.1, -0.05) is 109 Å². The minimum atomic E-state index is -4.16. The number of para-hydroxylation sites is 1. The molecule has 1 aliphatic carbocycles. The third-order valence-corrected chi connectivity index (χ3v) is 10.8. The van der Waals surface area contributed by atoms with E-state index in [2.05, 4.69) is 5.32 Å². The van der Waals surface area contributed by atoms with Crippen LogP contribution in [0, 0.1) is 13.8 Å². The van der Waals surface area contributed by atoms with Crippen LogP contribution in [0.2, 0.25) is 5.02 Å². The van der Waals surface area contributed by atoms with Crippen LogP contribution >= 0.6 is 11.6 Å². The van der Waals surface area contributed by atoms with Crippen molar-refractivity contribution in [1.82, 2.24) is 10.2 Å². The summed E-state index contributed by atoms with van der Waals surface area (Å²) in [5.41, 5.74) is 3.70. The summed E-state index contributed by atoms with van der Waals surface area (Å²) < 4.78 is 29.7. The van der Waals surface area contributed by atoms with E-state index in [-0.39, 0.29) is 29.8 Å². The van der Waals surface area contributed by atoms with Gasteiger partial charge < -0.3 is 10.2 Å². The average Bonchev–Trinajstić information content (AvgIpc) is 3.07. The standard InChI is InChI=1S/C38H42ClN3O4S/c1-28-17-23-34(24-18-28)47(45,46)42(35-16-10-9-11-29(35)2)27-37(43)41(26-31-19-21-32(39)22-20-31)36(25-30-12-5-3-6-13-30)38(44)40-33-14-7-4-8-15-33/h3,5-6,9-13,16-24,33,36H,4,7-8,14-15,25-27H2,1-2H3,(H,40,44)/t36-/m1/s1. The molecule has 9 heteroatoms. The summed E-state index contributed by atoms with van der Waals surface area (Å²) in [6.07, 6.45) is 5.29. The van der Waals surface area contributed by atoms with Crippen LogP contribution in [0.3, 0.4) is 0 Å². The van der Waals surface area contributed by atoms with Gasteiger partial charge in [0.25, 0.3) is 10.0 Å². The second kappa shape index (κ2) is 15.6. The summed E-state index contributed by atoms with van der Waals surface area (Å²) in [4.78, 5) is 30.5. The monoisotopic (exact) mass is 671 g/mol. The van der Waals surface area contributed by atoms with Gasteiger partial charge in [-0.3, -0.25) is 13.9 Å². The van der Waals surface area contributed by atoms with Gasteiger partial charge in [0.1, 0.15) is 12.6 Å². The van der Waals surface area contributed by atoms with Gasteiger partial charge in [0.15, 0.2) is 0 Å². The normalized spacial score (nSPS) is 14.3. The molecule has 7 nitrogen and oxygen atoms in total. The Balaban J connectivity index is 1.56. The number of amides is 2. The molecule has 1 fully saturated rings. The Morgan fingerprint density at radius 1 is 0.809 bits per heavy atom. The summed E-state index contributed by atoms with van der Waals surface area (Å²) in [6.45, 7) is 3.31. The lowest BCUT2D eigenvalue weighted by Gasteiger charge is -2.35. The average molecular weight is 672 g/mol. The Labute approximate surface area is 283 Å². The van der Waals surface area contributed by atoms with Crippen LogP contribution in [0.25, 0.3) is 0 Å². The quantitative estimate of drug-likeness (QED) is 0.172. The molecule has 0 heterocycles. The number of rotatable bonds is 12. The molecule has 0 unspecified atom stereocenters. The molecule has 5 rings (SSSR count). The van der Waals surface area contributed by atoms with Crippen molar-refractivity contribution in [3.8, 4) is 0 Å². The molecule has 246 valence electrons. The van der Waals surface area contributed by atoms with Crippen molar-refractivity contribution in [2.75, 3.05) is 10.8 Å². The summed E-state index contributed by atoms with van der Waals surface area (Å²) in [5.74, 6) is -0.731. The SMILES string of the molecule is Cc1ccc(S(=O)(=O)N(CC(=O)N(Cc2ccc(Cl)cc2)[C@H](Cc2ccccc2)C(=O)NC2CCCCC2)c2ccccc2C)cc1. The number of nitrogens with zero attached hydrogens (tertiary/aromatic N) is 2. The maximum absolute atomic E-state index is 14.7. The van der Waals surface area contributed by atoms with Crippen LogP contribution in [0.5, 0.6) is 0 Å². The lowest BCUT2D eigenvalue weighted by Crippen LogP contribution is -2.55. The van der Waals surface area contributed by atoms with Gasteiger partial charge in [-0.05, 0) is 73.7 Å². The molecular weight excluding hydrogens is 630 g/mol. The first-order chi connectivity index (χ1) is 22.6. The maximum atomic E-state index is 14.7. The highest BCUT2D eigenvalue weighted by Gasteiger charge is 2.35. The number of benzene rings is 4. The lowest BCUT2D eigenvalue weighted by molar-refractivity contribution is -0.140. The van der Waals surface area contributed by atoms with Gasteiger partial charge in [0.05, 0.1) is 10.6 Å². The molecule has 0 radical (unpaired) electrons. The van der Waals surface area contributed by atoms with Gasteiger partial charge >= 0.3 is 0 Å². The van der Waals surface area contributed by atoms with E-state index in [1.54, 1.807) is 48.5 Å². The second-order valence-corrected chi connectivity index (χ2v) is 14.6. The molecule has 0 aliphatic heterocycles. The number of carbonyl (C=O) groups is 2. The zero-order valence-electron chi connectivity index (χ0n) is 26.9. The Kier molecular flexibility index (Phi) is 11.4. The third kappa shape index (κ3) is 8.82. The largest absolute Gasteiger partial charge is 0.352 e. The fourth-order valence-corrected chi connectivity index (χ4v) is 7.68. The molecule has 4 aromatic carbocycles. The highest BCUT2D eigenvalue weighted by molar-refractivity contribution is 7.92. The summed E-state index contributed by atoms with van der Waals surface area (Å²) in [7, 11) is -4.16. The van der Waals surface area contributed by atoms with Crippen LogP contribution < -0.4 is 9.62 Å². The fraction of sp³-hybridized carbons (Fsp3) is 0.316. The molecule has 0 spiro atoms. The minimum absolute atomic E-state index is 0.0346. The number of hydrogen-bond donors (Lipinski definition) is 1. The van der Waals surface area contributed by atoms with Crippen molar-refractivity contribution in [2.24, 2.45) is 0 Å². The van der Waals surface area contributed by atoms with Gasteiger partial charge in [-0.25, -0.2) is 8.42 Å². The lowest BCUT2D eigenvalue weighted by atomic mass is 9.94. The zero-order chi connectivity index (χ0) is 33.4. The number of sulfonamides is 1. The van der Waals surface area contributed by atoms with E-state index in [1.165, 1.54) is 9.21 Å². The number of aryl methyl sites for hydroxylation is 2. The Morgan fingerprint density at radius 3 is 2.11 bits per heavy atom. The van der Waals surface area contributed by atoms with Crippen LogP contribution in [0.1, 0.15) is 54.4 Å². The van der Waals surface area contributed by atoms with Crippen molar-refractivity contribution >= 4 is 39.1 Å². The van der Waals surface area contributed by atoms with Crippen LogP contribution in [-0.4, -0.2) is 43.8 Å². The van der Waals surface area contributed by atoms with Crippen molar-refractivity contribution in [3.63, 3.8) is 0 Å².